The van der Waals surface area contributed by atoms with E-state index in [-0.39, 0.29) is 19.6 Å². The van der Waals surface area contributed by atoms with Crippen molar-refractivity contribution < 1.29 is 22.6 Å². The molecule has 0 aliphatic carbocycles. The summed E-state index contributed by atoms with van der Waals surface area (Å²) in [6, 6.07) is 3.13. The second kappa shape index (κ2) is 6.86. The molecular weight excluding hydrogens is 283 g/mol. The highest BCUT2D eigenvalue weighted by atomic mass is 35.5. The first-order valence-corrected chi connectivity index (χ1v) is 6.01. The molecule has 0 heterocycles. The van der Waals surface area contributed by atoms with Crippen molar-refractivity contribution in [1.29, 1.82) is 0 Å². The van der Waals surface area contributed by atoms with Gasteiger partial charge in [0.25, 0.3) is 0 Å². The monoisotopic (exact) mass is 297 g/mol. The van der Waals surface area contributed by atoms with Gasteiger partial charge in [-0.15, -0.1) is 0 Å². The number of rotatable bonds is 6. The highest BCUT2D eigenvalue weighted by Crippen LogP contribution is 2.34. The number of ether oxygens (including phenoxy) is 2. The van der Waals surface area contributed by atoms with Crippen LogP contribution in [-0.2, 0) is 6.54 Å². The van der Waals surface area contributed by atoms with Gasteiger partial charge in [-0.3, -0.25) is 0 Å². The van der Waals surface area contributed by atoms with Crippen molar-refractivity contribution in [3.63, 3.8) is 0 Å². The van der Waals surface area contributed by atoms with Gasteiger partial charge in [0.05, 0.1) is 13.7 Å². The average molecular weight is 298 g/mol. The molecule has 2 N–H and O–H groups in total. The third-order valence-corrected chi connectivity index (χ3v) is 2.61. The Morgan fingerprint density at radius 3 is 2.53 bits per heavy atom. The number of hydrogen-bond donors (Lipinski definition) is 1. The summed E-state index contributed by atoms with van der Waals surface area (Å²) in [6.07, 6.45) is -5.19. The zero-order valence-corrected chi connectivity index (χ0v) is 11.1. The third-order valence-electron chi connectivity index (χ3n) is 2.39. The van der Waals surface area contributed by atoms with Gasteiger partial charge in [0.15, 0.2) is 11.5 Å². The number of benzene rings is 1. The second-order valence-corrected chi connectivity index (χ2v) is 4.30. The summed E-state index contributed by atoms with van der Waals surface area (Å²) in [5.74, 6) is 0.705. The minimum atomic E-state index is -4.18. The van der Waals surface area contributed by atoms with E-state index in [1.54, 1.807) is 6.07 Å². The Morgan fingerprint density at radius 1 is 1.32 bits per heavy atom. The van der Waals surface area contributed by atoms with Gasteiger partial charge in [0.2, 0.25) is 0 Å². The Balaban J connectivity index is 2.71. The lowest BCUT2D eigenvalue weighted by atomic mass is 10.2. The summed E-state index contributed by atoms with van der Waals surface area (Å²) in [5, 5.41) is 0.431. The quantitative estimate of drug-likeness (QED) is 0.817. The fraction of sp³-hybridized carbons (Fsp3) is 0.500. The average Bonchev–Trinajstić information content (AvgIpc) is 2.33. The Bertz CT molecular complexity index is 399. The normalized spacial score (nSPS) is 11.5. The van der Waals surface area contributed by atoms with Crippen molar-refractivity contribution in [3.8, 4) is 11.5 Å². The van der Waals surface area contributed by atoms with Crippen molar-refractivity contribution in [2.75, 3.05) is 13.7 Å². The van der Waals surface area contributed by atoms with Gasteiger partial charge >= 0.3 is 6.18 Å². The molecule has 1 rings (SSSR count). The standard InChI is InChI=1S/C12H15ClF3NO2/c1-18-10-6-9(13)5-8(7-17)11(10)19-4-2-3-12(14,15)16/h5-6H,2-4,7,17H2,1H3. The molecule has 0 radical (unpaired) electrons. The molecule has 0 aromatic heterocycles. The molecule has 0 bridgehead atoms. The van der Waals surface area contributed by atoms with Crippen LogP contribution in [0, 0.1) is 0 Å². The summed E-state index contributed by atoms with van der Waals surface area (Å²) >= 11 is 5.86. The molecule has 7 heteroatoms. The molecule has 0 aliphatic heterocycles. The predicted octanol–water partition coefficient (Wildman–Crippen LogP) is 3.53. The lowest BCUT2D eigenvalue weighted by Gasteiger charge is -2.15. The second-order valence-electron chi connectivity index (χ2n) is 3.87. The number of methoxy groups -OCH3 is 1. The van der Waals surface area contributed by atoms with E-state index in [4.69, 9.17) is 26.8 Å². The van der Waals surface area contributed by atoms with Crippen LogP contribution in [0.1, 0.15) is 18.4 Å². The number of halogens is 4. The molecule has 0 atom stereocenters. The number of nitrogens with two attached hydrogens (primary N) is 1. The maximum absolute atomic E-state index is 12.0. The molecule has 0 spiro atoms. The van der Waals surface area contributed by atoms with Gasteiger partial charge in [0, 0.05) is 29.6 Å². The molecule has 1 aromatic rings. The van der Waals surface area contributed by atoms with Crippen LogP contribution in [0.5, 0.6) is 11.5 Å². The molecule has 19 heavy (non-hydrogen) atoms. The highest BCUT2D eigenvalue weighted by molar-refractivity contribution is 6.30. The van der Waals surface area contributed by atoms with Gasteiger partial charge in [0.1, 0.15) is 0 Å². The third kappa shape index (κ3) is 5.16. The summed E-state index contributed by atoms with van der Waals surface area (Å²) in [5.41, 5.74) is 6.14. The van der Waals surface area contributed by atoms with Gasteiger partial charge in [-0.1, -0.05) is 11.6 Å². The summed E-state index contributed by atoms with van der Waals surface area (Å²) in [7, 11) is 1.43. The van der Waals surface area contributed by atoms with Crippen LogP contribution in [0.3, 0.4) is 0 Å². The van der Waals surface area contributed by atoms with Crippen molar-refractivity contribution in [2.45, 2.75) is 25.6 Å². The summed E-state index contributed by atoms with van der Waals surface area (Å²) < 4.78 is 46.4. The Hall–Kier alpha value is -1.14. The van der Waals surface area contributed by atoms with Crippen LogP contribution in [0.25, 0.3) is 0 Å². The van der Waals surface area contributed by atoms with Crippen LogP contribution in [0.15, 0.2) is 12.1 Å². The zero-order valence-electron chi connectivity index (χ0n) is 10.4. The number of hydrogen-bond acceptors (Lipinski definition) is 3. The Labute approximate surface area is 114 Å². The first-order chi connectivity index (χ1) is 8.87. The van der Waals surface area contributed by atoms with E-state index in [1.807, 2.05) is 0 Å². The molecule has 0 saturated heterocycles. The molecule has 108 valence electrons. The van der Waals surface area contributed by atoms with E-state index in [0.717, 1.165) is 0 Å². The van der Waals surface area contributed by atoms with Crippen LogP contribution in [0.2, 0.25) is 5.02 Å². The van der Waals surface area contributed by atoms with Crippen molar-refractivity contribution in [2.24, 2.45) is 5.73 Å². The Morgan fingerprint density at radius 2 is 2.00 bits per heavy atom. The largest absolute Gasteiger partial charge is 0.493 e. The van der Waals surface area contributed by atoms with Gasteiger partial charge in [-0.05, 0) is 12.5 Å². The lowest BCUT2D eigenvalue weighted by Crippen LogP contribution is -2.11. The van der Waals surface area contributed by atoms with Gasteiger partial charge in [-0.25, -0.2) is 0 Å². The topological polar surface area (TPSA) is 44.5 Å². The maximum atomic E-state index is 12.0. The molecule has 3 nitrogen and oxygen atoms in total. The molecule has 1 aromatic carbocycles. The van der Waals surface area contributed by atoms with E-state index in [1.165, 1.54) is 13.2 Å². The first kappa shape index (κ1) is 15.9. The van der Waals surface area contributed by atoms with E-state index in [2.05, 4.69) is 0 Å². The lowest BCUT2D eigenvalue weighted by molar-refractivity contribution is -0.136. The van der Waals surface area contributed by atoms with Crippen molar-refractivity contribution in [3.05, 3.63) is 22.7 Å². The predicted molar refractivity (Wildman–Crippen MR) is 66.7 cm³/mol. The molecule has 0 aliphatic rings. The first-order valence-electron chi connectivity index (χ1n) is 5.63. The van der Waals surface area contributed by atoms with E-state index >= 15 is 0 Å². The van der Waals surface area contributed by atoms with E-state index < -0.39 is 12.6 Å². The van der Waals surface area contributed by atoms with Crippen LogP contribution in [0.4, 0.5) is 13.2 Å². The highest BCUT2D eigenvalue weighted by Gasteiger charge is 2.26. The van der Waals surface area contributed by atoms with Gasteiger partial charge < -0.3 is 15.2 Å². The minimum Gasteiger partial charge on any atom is -0.493 e. The van der Waals surface area contributed by atoms with Crippen LogP contribution in [-0.4, -0.2) is 19.9 Å². The Kier molecular flexibility index (Phi) is 5.75. The minimum absolute atomic E-state index is 0.0650. The SMILES string of the molecule is COc1cc(Cl)cc(CN)c1OCCCC(F)(F)F. The fourth-order valence-electron chi connectivity index (χ4n) is 1.54. The smallest absolute Gasteiger partial charge is 0.389 e. The molecular formula is C12H15ClF3NO2. The van der Waals surface area contributed by atoms with Crippen LogP contribution >= 0.6 is 11.6 Å². The van der Waals surface area contributed by atoms with Crippen molar-refractivity contribution in [1.82, 2.24) is 0 Å². The molecule has 0 saturated carbocycles. The van der Waals surface area contributed by atoms with Crippen LogP contribution < -0.4 is 15.2 Å². The molecule has 0 unspecified atom stereocenters. The molecule has 0 amide bonds. The fourth-order valence-corrected chi connectivity index (χ4v) is 1.77. The number of alkyl halides is 3. The maximum Gasteiger partial charge on any atom is 0.389 e. The van der Waals surface area contributed by atoms with Crippen molar-refractivity contribution >= 4 is 11.6 Å². The summed E-state index contributed by atoms with van der Waals surface area (Å²) in [4.78, 5) is 0. The van der Waals surface area contributed by atoms with Gasteiger partial charge in [-0.2, -0.15) is 13.2 Å². The van der Waals surface area contributed by atoms with E-state index in [9.17, 15) is 13.2 Å². The summed E-state index contributed by atoms with van der Waals surface area (Å²) in [6.45, 7) is 0.0933. The zero-order chi connectivity index (χ0) is 14.5. The molecule has 0 fully saturated rings. The van der Waals surface area contributed by atoms with E-state index in [0.29, 0.717) is 22.1 Å².